The van der Waals surface area contributed by atoms with Crippen LogP contribution in [-0.2, 0) is 10.2 Å². The number of anilines is 1. The van der Waals surface area contributed by atoms with Crippen molar-refractivity contribution < 1.29 is 14.0 Å². The molecule has 3 aliphatic rings. The molecule has 36 heavy (non-hydrogen) atoms. The van der Waals surface area contributed by atoms with E-state index in [1.807, 2.05) is 23.1 Å². The van der Waals surface area contributed by atoms with Crippen molar-refractivity contribution in [2.75, 3.05) is 45.6 Å². The zero-order valence-corrected chi connectivity index (χ0v) is 21.7. The Hall–Kier alpha value is -2.64. The van der Waals surface area contributed by atoms with E-state index in [9.17, 15) is 14.0 Å². The van der Waals surface area contributed by atoms with Gasteiger partial charge in [-0.05, 0) is 61.6 Å². The second kappa shape index (κ2) is 10.0. The minimum Gasteiger partial charge on any atom is -0.380 e. The quantitative estimate of drug-likeness (QED) is 0.623. The molecule has 0 radical (unpaired) electrons. The van der Waals surface area contributed by atoms with Crippen LogP contribution in [0.1, 0.15) is 48.0 Å². The maximum Gasteiger partial charge on any atom is 0.254 e. The zero-order valence-electron chi connectivity index (χ0n) is 21.0. The fraction of sp³-hybridized carbons (Fsp3) is 0.500. The molecule has 2 saturated heterocycles. The summed E-state index contributed by atoms with van der Waals surface area (Å²) in [5.74, 6) is -0.203. The standard InChI is InChI=1S/C28H34ClFN4O2/c1-32(2)26(35)24-8-7-21(16-25(24)29)31-22-17-34(18-22)23-9-13-33(14-10-23)27(36)28(11-4-12-28)19-5-3-6-20(30)15-19/h3,5-8,15-16,22-23,31H,4,9-14,17-18H2,1-2H3. The number of nitrogens with zero attached hydrogens (tertiary/aromatic N) is 3. The highest BCUT2D eigenvalue weighted by Gasteiger charge is 2.48. The van der Waals surface area contributed by atoms with Gasteiger partial charge in [0, 0.05) is 52.0 Å². The van der Waals surface area contributed by atoms with Crippen molar-refractivity contribution >= 4 is 29.1 Å². The van der Waals surface area contributed by atoms with E-state index in [0.29, 0.717) is 22.7 Å². The zero-order chi connectivity index (χ0) is 25.4. The van der Waals surface area contributed by atoms with Gasteiger partial charge in [-0.15, -0.1) is 0 Å². The molecule has 0 bridgehead atoms. The molecule has 0 atom stereocenters. The molecule has 0 aromatic heterocycles. The van der Waals surface area contributed by atoms with Gasteiger partial charge in [-0.25, -0.2) is 4.39 Å². The van der Waals surface area contributed by atoms with Gasteiger partial charge in [-0.3, -0.25) is 14.5 Å². The maximum atomic E-state index is 13.9. The molecule has 5 rings (SSSR count). The predicted molar refractivity (Wildman–Crippen MR) is 140 cm³/mol. The minimum absolute atomic E-state index is 0.106. The van der Waals surface area contributed by atoms with Crippen LogP contribution >= 0.6 is 11.6 Å². The van der Waals surface area contributed by atoms with Crippen molar-refractivity contribution in [3.05, 3.63) is 64.4 Å². The minimum atomic E-state index is -0.533. The lowest BCUT2D eigenvalue weighted by atomic mass is 9.63. The second-order valence-electron chi connectivity index (χ2n) is 10.7. The number of carbonyl (C=O) groups is 2. The second-order valence-corrected chi connectivity index (χ2v) is 11.1. The number of rotatable bonds is 6. The summed E-state index contributed by atoms with van der Waals surface area (Å²) in [5, 5.41) is 3.98. The normalized spacial score (nSPS) is 20.4. The van der Waals surface area contributed by atoms with Crippen LogP contribution in [0.3, 0.4) is 0 Å². The summed E-state index contributed by atoms with van der Waals surface area (Å²) in [6, 6.07) is 12.9. The van der Waals surface area contributed by atoms with Crippen molar-refractivity contribution in [3.63, 3.8) is 0 Å². The predicted octanol–water partition coefficient (Wildman–Crippen LogP) is 4.39. The number of halogens is 2. The summed E-state index contributed by atoms with van der Waals surface area (Å²) in [4.78, 5) is 31.7. The number of likely N-dealkylation sites (tertiary alicyclic amines) is 2. The summed E-state index contributed by atoms with van der Waals surface area (Å²) in [6.07, 6.45) is 4.56. The number of carbonyl (C=O) groups excluding carboxylic acids is 2. The van der Waals surface area contributed by atoms with E-state index < -0.39 is 5.41 Å². The summed E-state index contributed by atoms with van der Waals surface area (Å²) < 4.78 is 13.9. The Labute approximate surface area is 217 Å². The lowest BCUT2D eigenvalue weighted by Crippen LogP contribution is -2.61. The average molecular weight is 513 g/mol. The SMILES string of the molecule is CN(C)C(=O)c1ccc(NC2CN(C3CCN(C(=O)C4(c5cccc(F)c5)CCC4)CC3)C2)cc1Cl. The van der Waals surface area contributed by atoms with Gasteiger partial charge in [0.15, 0.2) is 0 Å². The fourth-order valence-electron chi connectivity index (χ4n) is 5.84. The first-order valence-electron chi connectivity index (χ1n) is 12.8. The maximum absolute atomic E-state index is 13.9. The molecule has 0 spiro atoms. The van der Waals surface area contributed by atoms with Gasteiger partial charge >= 0.3 is 0 Å². The topological polar surface area (TPSA) is 55.9 Å². The molecule has 2 heterocycles. The molecular weight excluding hydrogens is 479 g/mol. The smallest absolute Gasteiger partial charge is 0.254 e. The molecular formula is C28H34ClFN4O2. The highest BCUT2D eigenvalue weighted by Crippen LogP contribution is 2.46. The third kappa shape index (κ3) is 4.71. The number of hydrogen-bond donors (Lipinski definition) is 1. The van der Waals surface area contributed by atoms with Crippen LogP contribution < -0.4 is 5.32 Å². The van der Waals surface area contributed by atoms with Crippen LogP contribution in [0.2, 0.25) is 5.02 Å². The molecule has 192 valence electrons. The van der Waals surface area contributed by atoms with Crippen LogP contribution in [0.25, 0.3) is 0 Å². The highest BCUT2D eigenvalue weighted by atomic mass is 35.5. The van der Waals surface area contributed by atoms with Crippen molar-refractivity contribution in [2.24, 2.45) is 0 Å². The Morgan fingerprint density at radius 1 is 1.08 bits per heavy atom. The van der Waals surface area contributed by atoms with Gasteiger partial charge in [-0.2, -0.15) is 0 Å². The van der Waals surface area contributed by atoms with Gasteiger partial charge < -0.3 is 15.1 Å². The van der Waals surface area contributed by atoms with Crippen LogP contribution in [0, 0.1) is 5.82 Å². The first-order valence-corrected chi connectivity index (χ1v) is 13.2. The van der Waals surface area contributed by atoms with Crippen LogP contribution in [0.4, 0.5) is 10.1 Å². The summed E-state index contributed by atoms with van der Waals surface area (Å²) in [5.41, 5.74) is 1.72. The van der Waals surface area contributed by atoms with Crippen LogP contribution in [0.15, 0.2) is 42.5 Å². The van der Waals surface area contributed by atoms with E-state index in [1.165, 1.54) is 17.0 Å². The molecule has 0 unspecified atom stereocenters. The van der Waals surface area contributed by atoms with E-state index in [2.05, 4.69) is 10.2 Å². The highest BCUT2D eigenvalue weighted by molar-refractivity contribution is 6.34. The van der Waals surface area contributed by atoms with Gasteiger partial charge in [0.25, 0.3) is 5.91 Å². The van der Waals surface area contributed by atoms with Crippen molar-refractivity contribution in [2.45, 2.75) is 49.6 Å². The Morgan fingerprint density at radius 2 is 1.81 bits per heavy atom. The van der Waals surface area contributed by atoms with Gasteiger partial charge in [0.05, 0.1) is 22.0 Å². The lowest BCUT2D eigenvalue weighted by molar-refractivity contribution is -0.142. The first-order chi connectivity index (χ1) is 17.3. The number of piperidine rings is 1. The average Bonchev–Trinajstić information content (AvgIpc) is 2.80. The Balaban J connectivity index is 1.11. The van der Waals surface area contributed by atoms with Crippen molar-refractivity contribution in [3.8, 4) is 0 Å². The molecule has 2 aromatic carbocycles. The summed E-state index contributed by atoms with van der Waals surface area (Å²) in [7, 11) is 3.42. The molecule has 8 heteroatoms. The molecule has 1 aliphatic carbocycles. The Kier molecular flexibility index (Phi) is 6.97. The molecule has 2 aromatic rings. The van der Waals surface area contributed by atoms with Crippen LogP contribution in [0.5, 0.6) is 0 Å². The van der Waals surface area contributed by atoms with E-state index in [0.717, 1.165) is 69.5 Å². The number of benzene rings is 2. The third-order valence-corrected chi connectivity index (χ3v) is 8.46. The van der Waals surface area contributed by atoms with Crippen molar-refractivity contribution in [1.29, 1.82) is 0 Å². The first kappa shape index (κ1) is 25.0. The molecule has 1 N–H and O–H groups in total. The van der Waals surface area contributed by atoms with Gasteiger partial charge in [0.1, 0.15) is 5.82 Å². The van der Waals surface area contributed by atoms with Gasteiger partial charge in [0.2, 0.25) is 5.91 Å². The molecule has 1 saturated carbocycles. The van der Waals surface area contributed by atoms with Crippen molar-refractivity contribution in [1.82, 2.24) is 14.7 Å². The van der Waals surface area contributed by atoms with Crippen LogP contribution in [-0.4, -0.2) is 78.9 Å². The number of nitrogens with one attached hydrogen (secondary N) is 1. The van der Waals surface area contributed by atoms with E-state index in [1.54, 1.807) is 26.2 Å². The lowest BCUT2D eigenvalue weighted by Gasteiger charge is -2.49. The Bertz CT molecular complexity index is 1140. The molecule has 2 amide bonds. The largest absolute Gasteiger partial charge is 0.380 e. The number of amides is 2. The number of hydrogen-bond acceptors (Lipinski definition) is 4. The third-order valence-electron chi connectivity index (χ3n) is 8.15. The van der Waals surface area contributed by atoms with E-state index in [-0.39, 0.29) is 17.6 Å². The fourth-order valence-corrected chi connectivity index (χ4v) is 6.10. The molecule has 2 aliphatic heterocycles. The summed E-state index contributed by atoms with van der Waals surface area (Å²) >= 11 is 6.35. The van der Waals surface area contributed by atoms with Gasteiger partial charge in [-0.1, -0.05) is 30.2 Å². The van der Waals surface area contributed by atoms with E-state index in [4.69, 9.17) is 11.6 Å². The molecule has 3 fully saturated rings. The molecule has 6 nitrogen and oxygen atoms in total. The summed E-state index contributed by atoms with van der Waals surface area (Å²) in [6.45, 7) is 3.40. The monoisotopic (exact) mass is 512 g/mol. The van der Waals surface area contributed by atoms with E-state index >= 15 is 0 Å². The Morgan fingerprint density at radius 3 is 2.39 bits per heavy atom.